The summed E-state index contributed by atoms with van der Waals surface area (Å²) in [5.74, 6) is 0.296. The van der Waals surface area contributed by atoms with Gasteiger partial charge in [0.2, 0.25) is 10.0 Å². The number of sulfonamides is 1. The average molecular weight is 304 g/mol. The van der Waals surface area contributed by atoms with Gasteiger partial charge in [0.1, 0.15) is 0 Å². The second-order valence-corrected chi connectivity index (χ2v) is 8.60. The maximum atomic E-state index is 12.8. The molecule has 1 aromatic rings. The third kappa shape index (κ3) is 3.78. The Kier molecular flexibility index (Phi) is 5.55. The van der Waals surface area contributed by atoms with E-state index in [2.05, 4.69) is 0 Å². The minimum Gasteiger partial charge on any atom is -0.326 e. The van der Waals surface area contributed by atoms with Gasteiger partial charge < -0.3 is 5.73 Å². The summed E-state index contributed by atoms with van der Waals surface area (Å²) in [5, 5.41) is 0. The topological polar surface area (TPSA) is 63.4 Å². The van der Waals surface area contributed by atoms with Crippen molar-refractivity contribution >= 4 is 21.4 Å². The largest absolute Gasteiger partial charge is 0.326 e. The van der Waals surface area contributed by atoms with Crippen LogP contribution < -0.4 is 5.73 Å². The zero-order valence-electron chi connectivity index (χ0n) is 12.3. The average Bonchev–Trinajstić information content (AvgIpc) is 2.67. The molecule has 6 heteroatoms. The van der Waals surface area contributed by atoms with Crippen LogP contribution in [0.1, 0.15) is 37.4 Å². The summed E-state index contributed by atoms with van der Waals surface area (Å²) < 4.78 is 27.1. The Morgan fingerprint density at radius 3 is 2.26 bits per heavy atom. The van der Waals surface area contributed by atoms with E-state index < -0.39 is 10.0 Å². The van der Waals surface area contributed by atoms with Crippen LogP contribution in [0.15, 0.2) is 11.0 Å². The molecular weight excluding hydrogens is 280 g/mol. The second-order valence-electron chi connectivity index (χ2n) is 5.40. The molecule has 0 radical (unpaired) electrons. The van der Waals surface area contributed by atoms with E-state index in [0.29, 0.717) is 23.9 Å². The first-order valence-corrected chi connectivity index (χ1v) is 8.77. The van der Waals surface area contributed by atoms with Crippen molar-refractivity contribution in [2.75, 3.05) is 6.54 Å². The van der Waals surface area contributed by atoms with Crippen LogP contribution >= 0.6 is 11.3 Å². The van der Waals surface area contributed by atoms with Crippen molar-refractivity contribution in [3.63, 3.8) is 0 Å². The standard InChI is InChI=1S/C13H24N2O2S2/c1-9(2)8-15(10(3)4)19(16,17)13-6-12(7-14)18-11(13)5/h6,9-10H,7-8,14H2,1-5H3. The SMILES string of the molecule is Cc1sc(CN)cc1S(=O)(=O)N(CC(C)C)C(C)C. The summed E-state index contributed by atoms with van der Waals surface area (Å²) in [6, 6.07) is 1.67. The molecule has 0 aliphatic rings. The highest BCUT2D eigenvalue weighted by Gasteiger charge is 2.30. The molecule has 0 saturated heterocycles. The van der Waals surface area contributed by atoms with E-state index >= 15 is 0 Å². The number of rotatable bonds is 6. The molecule has 4 nitrogen and oxygen atoms in total. The molecular formula is C13H24N2O2S2. The zero-order valence-corrected chi connectivity index (χ0v) is 13.9. The van der Waals surface area contributed by atoms with Crippen molar-refractivity contribution in [1.29, 1.82) is 0 Å². The molecule has 0 unspecified atom stereocenters. The number of nitrogens with two attached hydrogens (primary N) is 1. The second kappa shape index (κ2) is 6.35. The van der Waals surface area contributed by atoms with Crippen molar-refractivity contribution in [3.8, 4) is 0 Å². The summed E-state index contributed by atoms with van der Waals surface area (Å²) in [4.78, 5) is 2.13. The molecule has 0 spiro atoms. The highest BCUT2D eigenvalue weighted by Crippen LogP contribution is 2.29. The Morgan fingerprint density at radius 2 is 1.89 bits per heavy atom. The number of hydrogen-bond acceptors (Lipinski definition) is 4. The number of hydrogen-bond donors (Lipinski definition) is 1. The molecule has 0 fully saturated rings. The van der Waals surface area contributed by atoms with Crippen LogP contribution in [0.2, 0.25) is 0 Å². The predicted octanol–water partition coefficient (Wildman–Crippen LogP) is 2.57. The number of nitrogens with zero attached hydrogens (tertiary/aromatic N) is 1. The fourth-order valence-electron chi connectivity index (χ4n) is 1.95. The lowest BCUT2D eigenvalue weighted by Crippen LogP contribution is -2.39. The zero-order chi connectivity index (χ0) is 14.8. The van der Waals surface area contributed by atoms with E-state index in [9.17, 15) is 8.42 Å². The summed E-state index contributed by atoms with van der Waals surface area (Å²) in [5.41, 5.74) is 5.59. The minimum absolute atomic E-state index is 0.0481. The molecule has 1 rings (SSSR count). The van der Waals surface area contributed by atoms with Crippen molar-refractivity contribution in [1.82, 2.24) is 4.31 Å². The molecule has 0 amide bonds. The van der Waals surface area contributed by atoms with Gasteiger partial charge in [0.15, 0.2) is 0 Å². The van der Waals surface area contributed by atoms with Crippen molar-refractivity contribution in [3.05, 3.63) is 15.8 Å². The fourth-order valence-corrected chi connectivity index (χ4v) is 5.24. The molecule has 0 atom stereocenters. The van der Waals surface area contributed by atoms with Gasteiger partial charge in [-0.25, -0.2) is 8.42 Å². The normalized spacial score (nSPS) is 12.9. The van der Waals surface area contributed by atoms with Gasteiger partial charge in [-0.15, -0.1) is 11.3 Å². The summed E-state index contributed by atoms with van der Waals surface area (Å²) in [6.45, 7) is 10.6. The van der Waals surface area contributed by atoms with Gasteiger partial charge in [0.05, 0.1) is 4.90 Å². The Balaban J connectivity index is 3.22. The molecule has 0 aliphatic carbocycles. The van der Waals surface area contributed by atoms with E-state index in [1.165, 1.54) is 11.3 Å². The molecule has 0 aliphatic heterocycles. The molecule has 0 saturated carbocycles. The van der Waals surface area contributed by atoms with Gasteiger partial charge in [-0.05, 0) is 32.8 Å². The van der Waals surface area contributed by atoms with Crippen molar-refractivity contribution < 1.29 is 8.42 Å². The fraction of sp³-hybridized carbons (Fsp3) is 0.692. The molecule has 110 valence electrons. The maximum absolute atomic E-state index is 12.8. The molecule has 2 N–H and O–H groups in total. The molecule has 0 aromatic carbocycles. The first-order valence-electron chi connectivity index (χ1n) is 6.51. The Morgan fingerprint density at radius 1 is 1.32 bits per heavy atom. The number of aryl methyl sites for hydroxylation is 1. The van der Waals surface area contributed by atoms with Crippen LogP contribution in [0.4, 0.5) is 0 Å². The van der Waals surface area contributed by atoms with Gasteiger partial charge in [-0.2, -0.15) is 4.31 Å². The number of thiophene rings is 1. The van der Waals surface area contributed by atoms with Crippen LogP contribution in [0.25, 0.3) is 0 Å². The predicted molar refractivity (Wildman–Crippen MR) is 80.8 cm³/mol. The van der Waals surface area contributed by atoms with E-state index in [0.717, 1.165) is 9.75 Å². The molecule has 19 heavy (non-hydrogen) atoms. The van der Waals surface area contributed by atoms with Gasteiger partial charge in [-0.3, -0.25) is 0 Å². The quantitative estimate of drug-likeness (QED) is 0.878. The lowest BCUT2D eigenvalue weighted by atomic mass is 10.2. The van der Waals surface area contributed by atoms with E-state index in [1.54, 1.807) is 10.4 Å². The van der Waals surface area contributed by atoms with Crippen molar-refractivity contribution in [2.24, 2.45) is 11.7 Å². The van der Waals surface area contributed by atoms with Gasteiger partial charge >= 0.3 is 0 Å². The van der Waals surface area contributed by atoms with E-state index in [4.69, 9.17) is 5.73 Å². The maximum Gasteiger partial charge on any atom is 0.244 e. The van der Waals surface area contributed by atoms with E-state index in [1.807, 2.05) is 34.6 Å². The van der Waals surface area contributed by atoms with Gasteiger partial charge in [0.25, 0.3) is 0 Å². The van der Waals surface area contributed by atoms with Crippen molar-refractivity contribution in [2.45, 2.75) is 52.1 Å². The first kappa shape index (κ1) is 16.6. The Hall–Kier alpha value is -0.430. The Labute approximate surface area is 120 Å². The molecule has 1 aromatic heterocycles. The van der Waals surface area contributed by atoms with Crippen LogP contribution in [0, 0.1) is 12.8 Å². The van der Waals surface area contributed by atoms with Crippen LogP contribution in [0.3, 0.4) is 0 Å². The van der Waals surface area contributed by atoms with Gasteiger partial charge in [-0.1, -0.05) is 13.8 Å². The molecule has 1 heterocycles. The third-order valence-electron chi connectivity index (χ3n) is 2.83. The van der Waals surface area contributed by atoms with Crippen LogP contribution in [-0.2, 0) is 16.6 Å². The highest BCUT2D eigenvalue weighted by molar-refractivity contribution is 7.89. The third-order valence-corrected chi connectivity index (χ3v) is 6.20. The first-order chi connectivity index (χ1) is 8.70. The molecule has 0 bridgehead atoms. The monoisotopic (exact) mass is 304 g/mol. The van der Waals surface area contributed by atoms with Crippen LogP contribution in [-0.4, -0.2) is 25.3 Å². The smallest absolute Gasteiger partial charge is 0.244 e. The Bertz CT molecular complexity index is 519. The summed E-state index contributed by atoms with van der Waals surface area (Å²) in [7, 11) is -3.43. The summed E-state index contributed by atoms with van der Waals surface area (Å²) in [6.07, 6.45) is 0. The van der Waals surface area contributed by atoms with Crippen LogP contribution in [0.5, 0.6) is 0 Å². The lowest BCUT2D eigenvalue weighted by molar-refractivity contribution is 0.319. The van der Waals surface area contributed by atoms with E-state index in [-0.39, 0.29) is 6.04 Å². The minimum atomic E-state index is -3.43. The van der Waals surface area contributed by atoms with Gasteiger partial charge in [0, 0.05) is 28.9 Å². The summed E-state index contributed by atoms with van der Waals surface area (Å²) >= 11 is 1.46. The lowest BCUT2D eigenvalue weighted by Gasteiger charge is -2.27. The highest BCUT2D eigenvalue weighted by atomic mass is 32.2.